The first-order valence-electron chi connectivity index (χ1n) is 7.03. The Morgan fingerprint density at radius 1 is 1.38 bits per heavy atom. The third-order valence-electron chi connectivity index (χ3n) is 3.38. The number of hydrogen-bond donors (Lipinski definition) is 2. The highest BCUT2D eigenvalue weighted by Crippen LogP contribution is 2.27. The average molecular weight is 305 g/mol. The van der Waals surface area contributed by atoms with Crippen LogP contribution in [0.2, 0.25) is 5.02 Å². The van der Waals surface area contributed by atoms with Gasteiger partial charge in [0, 0.05) is 11.1 Å². The van der Waals surface area contributed by atoms with Crippen LogP contribution in [0.15, 0.2) is 36.5 Å². The average Bonchev–Trinajstić information content (AvgIpc) is 3.16. The molecule has 0 unspecified atom stereocenters. The first-order valence-corrected chi connectivity index (χ1v) is 7.41. The maximum Gasteiger partial charge on any atom is 0.239 e. The molecule has 1 aliphatic carbocycles. The van der Waals surface area contributed by atoms with E-state index >= 15 is 0 Å². The number of carbonyl (C=O) groups is 1. The monoisotopic (exact) mass is 304 g/mol. The molecule has 1 heterocycles. The zero-order chi connectivity index (χ0) is 14.7. The van der Waals surface area contributed by atoms with Crippen molar-refractivity contribution in [3.8, 4) is 5.69 Å². The van der Waals surface area contributed by atoms with E-state index in [2.05, 4.69) is 15.7 Å². The van der Waals surface area contributed by atoms with Gasteiger partial charge in [0.05, 0.1) is 18.4 Å². The molecule has 110 valence electrons. The van der Waals surface area contributed by atoms with Crippen molar-refractivity contribution in [1.29, 1.82) is 0 Å². The van der Waals surface area contributed by atoms with Crippen LogP contribution in [0.1, 0.15) is 12.8 Å². The minimum atomic E-state index is -0.0700. The van der Waals surface area contributed by atoms with Gasteiger partial charge in [-0.1, -0.05) is 17.7 Å². The van der Waals surface area contributed by atoms with Gasteiger partial charge in [0.15, 0.2) is 0 Å². The standard InChI is InChI=1S/C15H17ClN4O/c16-12-2-1-3-13(8-12)20-14(6-7-18-20)19-15(21)10-17-9-11-4-5-11/h1-3,6-8,11,17H,4-5,9-10H2,(H,19,21). The number of nitrogens with one attached hydrogen (secondary N) is 2. The Hall–Kier alpha value is -1.85. The molecule has 2 aromatic rings. The fraction of sp³-hybridized carbons (Fsp3) is 0.333. The summed E-state index contributed by atoms with van der Waals surface area (Å²) < 4.78 is 1.66. The molecule has 1 amide bonds. The van der Waals surface area contributed by atoms with Gasteiger partial charge in [0.1, 0.15) is 5.82 Å². The fourth-order valence-electron chi connectivity index (χ4n) is 2.11. The summed E-state index contributed by atoms with van der Waals surface area (Å²) in [6.07, 6.45) is 4.19. The third-order valence-corrected chi connectivity index (χ3v) is 3.61. The molecule has 2 N–H and O–H groups in total. The van der Waals surface area contributed by atoms with E-state index in [0.29, 0.717) is 17.4 Å². The van der Waals surface area contributed by atoms with Gasteiger partial charge < -0.3 is 10.6 Å². The lowest BCUT2D eigenvalue weighted by Crippen LogP contribution is -2.30. The molecule has 0 saturated heterocycles. The van der Waals surface area contributed by atoms with E-state index in [9.17, 15) is 4.79 Å². The van der Waals surface area contributed by atoms with E-state index in [0.717, 1.165) is 18.2 Å². The van der Waals surface area contributed by atoms with E-state index in [4.69, 9.17) is 11.6 Å². The molecule has 1 saturated carbocycles. The van der Waals surface area contributed by atoms with Crippen molar-refractivity contribution in [2.24, 2.45) is 5.92 Å². The molecule has 1 aromatic heterocycles. The Bertz CT molecular complexity index is 636. The van der Waals surface area contributed by atoms with E-state index in [1.54, 1.807) is 29.1 Å². The summed E-state index contributed by atoms with van der Waals surface area (Å²) >= 11 is 5.99. The summed E-state index contributed by atoms with van der Waals surface area (Å²) in [6, 6.07) is 9.10. The zero-order valence-electron chi connectivity index (χ0n) is 11.6. The predicted octanol–water partition coefficient (Wildman–Crippen LogP) is 2.46. The second kappa shape index (κ2) is 6.28. The molecule has 0 spiro atoms. The van der Waals surface area contributed by atoms with Gasteiger partial charge >= 0.3 is 0 Å². The predicted molar refractivity (Wildman–Crippen MR) is 82.8 cm³/mol. The lowest BCUT2D eigenvalue weighted by Gasteiger charge is -2.09. The van der Waals surface area contributed by atoms with Crippen LogP contribution in [0.25, 0.3) is 5.69 Å². The molecule has 0 radical (unpaired) electrons. The van der Waals surface area contributed by atoms with Crippen molar-refractivity contribution in [2.75, 3.05) is 18.4 Å². The summed E-state index contributed by atoms with van der Waals surface area (Å²) in [5.74, 6) is 1.32. The summed E-state index contributed by atoms with van der Waals surface area (Å²) in [6.45, 7) is 1.23. The molecule has 0 bridgehead atoms. The minimum absolute atomic E-state index is 0.0700. The van der Waals surface area contributed by atoms with Gasteiger partial charge in [-0.2, -0.15) is 5.10 Å². The van der Waals surface area contributed by atoms with Crippen molar-refractivity contribution >= 4 is 23.3 Å². The van der Waals surface area contributed by atoms with Crippen LogP contribution in [-0.2, 0) is 4.79 Å². The van der Waals surface area contributed by atoms with Crippen LogP contribution in [0.3, 0.4) is 0 Å². The molecule has 6 heteroatoms. The normalized spacial score (nSPS) is 14.1. The van der Waals surface area contributed by atoms with Crippen LogP contribution < -0.4 is 10.6 Å². The quantitative estimate of drug-likeness (QED) is 0.862. The molecule has 1 fully saturated rings. The number of aromatic nitrogens is 2. The number of amides is 1. The summed E-state index contributed by atoms with van der Waals surface area (Å²) in [7, 11) is 0. The Balaban J connectivity index is 1.63. The maximum absolute atomic E-state index is 11.9. The molecule has 0 atom stereocenters. The zero-order valence-corrected chi connectivity index (χ0v) is 12.3. The first kappa shape index (κ1) is 14.1. The van der Waals surface area contributed by atoms with Crippen LogP contribution in [0.4, 0.5) is 5.82 Å². The summed E-state index contributed by atoms with van der Waals surface area (Å²) in [5.41, 5.74) is 0.814. The van der Waals surface area contributed by atoms with E-state index in [-0.39, 0.29) is 5.91 Å². The minimum Gasteiger partial charge on any atom is -0.309 e. The van der Waals surface area contributed by atoms with Gasteiger partial charge in [-0.15, -0.1) is 0 Å². The molecule has 3 rings (SSSR count). The van der Waals surface area contributed by atoms with Crippen LogP contribution >= 0.6 is 11.6 Å². The van der Waals surface area contributed by atoms with E-state index in [1.165, 1.54) is 12.8 Å². The smallest absolute Gasteiger partial charge is 0.239 e. The topological polar surface area (TPSA) is 59.0 Å². The molecule has 1 aliphatic rings. The highest BCUT2D eigenvalue weighted by Gasteiger charge is 2.20. The van der Waals surface area contributed by atoms with E-state index in [1.807, 2.05) is 12.1 Å². The number of benzene rings is 1. The number of hydrogen-bond acceptors (Lipinski definition) is 3. The first-order chi connectivity index (χ1) is 10.2. The van der Waals surface area contributed by atoms with Gasteiger partial charge in [-0.25, -0.2) is 4.68 Å². The van der Waals surface area contributed by atoms with Crippen LogP contribution in [0, 0.1) is 5.92 Å². The highest BCUT2D eigenvalue weighted by molar-refractivity contribution is 6.30. The van der Waals surface area contributed by atoms with Crippen molar-refractivity contribution < 1.29 is 4.79 Å². The number of rotatable bonds is 6. The molecule has 5 nitrogen and oxygen atoms in total. The number of carbonyl (C=O) groups excluding carboxylic acids is 1. The number of anilines is 1. The fourth-order valence-corrected chi connectivity index (χ4v) is 2.30. The van der Waals surface area contributed by atoms with Crippen LogP contribution in [-0.4, -0.2) is 28.8 Å². The molecule has 1 aromatic carbocycles. The highest BCUT2D eigenvalue weighted by atomic mass is 35.5. The molecular weight excluding hydrogens is 288 g/mol. The Morgan fingerprint density at radius 3 is 3.00 bits per heavy atom. The summed E-state index contributed by atoms with van der Waals surface area (Å²) in [5, 5.41) is 10.9. The Morgan fingerprint density at radius 2 is 2.24 bits per heavy atom. The van der Waals surface area contributed by atoms with Crippen molar-refractivity contribution in [1.82, 2.24) is 15.1 Å². The van der Waals surface area contributed by atoms with Crippen molar-refractivity contribution in [2.45, 2.75) is 12.8 Å². The Labute approximate surface area is 128 Å². The van der Waals surface area contributed by atoms with Crippen molar-refractivity contribution in [3.63, 3.8) is 0 Å². The second-order valence-corrected chi connectivity index (χ2v) is 5.67. The van der Waals surface area contributed by atoms with Gasteiger partial charge in [-0.3, -0.25) is 4.79 Å². The maximum atomic E-state index is 11.9. The largest absolute Gasteiger partial charge is 0.309 e. The SMILES string of the molecule is O=C(CNCC1CC1)Nc1ccnn1-c1cccc(Cl)c1. The third kappa shape index (κ3) is 3.83. The Kier molecular flexibility index (Phi) is 4.22. The molecule has 21 heavy (non-hydrogen) atoms. The van der Waals surface area contributed by atoms with Gasteiger partial charge in [-0.05, 0) is 43.5 Å². The van der Waals surface area contributed by atoms with Gasteiger partial charge in [0.25, 0.3) is 0 Å². The van der Waals surface area contributed by atoms with Gasteiger partial charge in [0.2, 0.25) is 5.91 Å². The lowest BCUT2D eigenvalue weighted by molar-refractivity contribution is -0.115. The lowest BCUT2D eigenvalue weighted by atomic mass is 10.3. The van der Waals surface area contributed by atoms with Crippen LogP contribution in [0.5, 0.6) is 0 Å². The van der Waals surface area contributed by atoms with E-state index < -0.39 is 0 Å². The van der Waals surface area contributed by atoms with Crippen molar-refractivity contribution in [3.05, 3.63) is 41.6 Å². The number of nitrogens with zero attached hydrogens (tertiary/aromatic N) is 2. The molecule has 0 aliphatic heterocycles. The summed E-state index contributed by atoms with van der Waals surface area (Å²) in [4.78, 5) is 11.9. The number of halogens is 1. The second-order valence-electron chi connectivity index (χ2n) is 5.23. The molecular formula is C15H17ClN4O.